The molecule has 1 amide bonds. The number of nitrogens with one attached hydrogen (secondary N) is 2. The van der Waals surface area contributed by atoms with Crippen molar-refractivity contribution in [2.45, 2.75) is 13.3 Å². The average Bonchev–Trinajstić information content (AvgIpc) is 2.71. The van der Waals surface area contributed by atoms with Crippen LogP contribution in [-0.4, -0.2) is 24.0 Å². The molecule has 0 saturated carbocycles. The Labute approximate surface area is 105 Å². The van der Waals surface area contributed by atoms with E-state index in [0.717, 1.165) is 0 Å². The van der Waals surface area contributed by atoms with Gasteiger partial charge in [-0.15, -0.1) is 0 Å². The molecule has 0 aliphatic heterocycles. The first-order valence-corrected chi connectivity index (χ1v) is 5.85. The molecule has 0 radical (unpaired) electrons. The van der Waals surface area contributed by atoms with E-state index in [4.69, 9.17) is 10.2 Å². The van der Waals surface area contributed by atoms with Gasteiger partial charge in [-0.05, 0) is 25.1 Å². The number of carbonyl (C=O) groups excluding carboxylic acids is 1. The van der Waals surface area contributed by atoms with E-state index in [9.17, 15) is 4.79 Å². The van der Waals surface area contributed by atoms with Crippen LogP contribution in [0.3, 0.4) is 0 Å². The molecule has 0 aliphatic carbocycles. The molecule has 1 aromatic heterocycles. The topological polar surface area (TPSA) is 93.2 Å². The van der Waals surface area contributed by atoms with Crippen molar-refractivity contribution in [3.8, 4) is 0 Å². The Bertz CT molecular complexity index is 550. The molecule has 6 nitrogen and oxygen atoms in total. The van der Waals surface area contributed by atoms with Gasteiger partial charge >= 0.3 is 0 Å². The zero-order chi connectivity index (χ0) is 13.0. The minimum atomic E-state index is 0.00496. The lowest BCUT2D eigenvalue weighted by Gasteiger charge is -2.01. The summed E-state index contributed by atoms with van der Waals surface area (Å²) in [5, 5.41) is 5.68. The summed E-state index contributed by atoms with van der Waals surface area (Å²) < 4.78 is 5.46. The van der Waals surface area contributed by atoms with Gasteiger partial charge in [-0.25, -0.2) is 0 Å². The Morgan fingerprint density at radius 3 is 3.11 bits per heavy atom. The second-order valence-electron chi connectivity index (χ2n) is 3.88. The molecule has 0 fully saturated rings. The fourth-order valence-corrected chi connectivity index (χ4v) is 1.59. The number of amides is 1. The molecule has 6 heteroatoms. The number of hydrogen-bond donors (Lipinski definition) is 3. The number of anilines is 2. The molecule has 0 spiro atoms. The van der Waals surface area contributed by atoms with Crippen molar-refractivity contribution < 1.29 is 9.21 Å². The molecule has 96 valence electrons. The van der Waals surface area contributed by atoms with Crippen molar-refractivity contribution >= 4 is 28.7 Å². The summed E-state index contributed by atoms with van der Waals surface area (Å²) in [6, 6.07) is 5.67. The summed E-state index contributed by atoms with van der Waals surface area (Å²) >= 11 is 0. The molecule has 0 atom stereocenters. The van der Waals surface area contributed by atoms with Gasteiger partial charge in [0.15, 0.2) is 5.58 Å². The number of nitrogen functional groups attached to an aromatic ring is 1. The van der Waals surface area contributed by atoms with Crippen molar-refractivity contribution in [3.63, 3.8) is 0 Å². The predicted molar refractivity (Wildman–Crippen MR) is 70.2 cm³/mol. The highest BCUT2D eigenvalue weighted by molar-refractivity contribution is 5.78. The van der Waals surface area contributed by atoms with Crippen molar-refractivity contribution in [1.29, 1.82) is 0 Å². The van der Waals surface area contributed by atoms with E-state index < -0.39 is 0 Å². The number of nitrogens with two attached hydrogens (primary N) is 1. The molecule has 2 aromatic rings. The third-order valence-corrected chi connectivity index (χ3v) is 2.41. The Morgan fingerprint density at radius 1 is 1.50 bits per heavy atom. The number of rotatable bonds is 5. The molecular weight excluding hydrogens is 232 g/mol. The van der Waals surface area contributed by atoms with E-state index in [2.05, 4.69) is 15.6 Å². The number of nitrogens with zero attached hydrogens (tertiary/aromatic N) is 1. The van der Waals surface area contributed by atoms with Gasteiger partial charge in [0.1, 0.15) is 5.52 Å². The summed E-state index contributed by atoms with van der Waals surface area (Å²) in [6.45, 7) is 3.01. The van der Waals surface area contributed by atoms with Gasteiger partial charge in [0.2, 0.25) is 5.91 Å². The van der Waals surface area contributed by atoms with E-state index >= 15 is 0 Å². The third-order valence-electron chi connectivity index (χ3n) is 2.41. The van der Waals surface area contributed by atoms with Gasteiger partial charge in [-0.2, -0.15) is 4.98 Å². The first-order chi connectivity index (χ1) is 8.69. The minimum absolute atomic E-state index is 0.00496. The van der Waals surface area contributed by atoms with E-state index in [1.165, 1.54) is 0 Å². The van der Waals surface area contributed by atoms with Crippen LogP contribution in [0.4, 0.5) is 11.7 Å². The van der Waals surface area contributed by atoms with E-state index in [0.29, 0.717) is 42.3 Å². The van der Waals surface area contributed by atoms with Crippen LogP contribution in [0, 0.1) is 0 Å². The number of carbonyl (C=O) groups is 1. The quantitative estimate of drug-likeness (QED) is 0.694. The van der Waals surface area contributed by atoms with Gasteiger partial charge in [-0.3, -0.25) is 4.79 Å². The van der Waals surface area contributed by atoms with Gasteiger partial charge in [0.05, 0.1) is 0 Å². The molecular formula is C12H16N4O2. The number of fused-ring (bicyclic) bond motifs is 1. The standard InChI is InChI=1S/C12H16N4O2/c1-2-14-11(17)5-6-15-12-16-9-7-8(13)3-4-10(9)18-12/h3-4,7H,2,5-6,13H2,1H3,(H,14,17)(H,15,16). The van der Waals surface area contributed by atoms with Crippen LogP contribution in [0.2, 0.25) is 0 Å². The van der Waals surface area contributed by atoms with Crippen molar-refractivity contribution in [2.24, 2.45) is 0 Å². The summed E-state index contributed by atoms with van der Waals surface area (Å²) in [7, 11) is 0. The Morgan fingerprint density at radius 2 is 2.33 bits per heavy atom. The molecule has 0 aliphatic rings. The lowest BCUT2D eigenvalue weighted by atomic mass is 10.3. The van der Waals surface area contributed by atoms with E-state index in [1.54, 1.807) is 18.2 Å². The SMILES string of the molecule is CCNC(=O)CCNc1nc2cc(N)ccc2o1. The maximum Gasteiger partial charge on any atom is 0.295 e. The maximum atomic E-state index is 11.2. The van der Waals surface area contributed by atoms with E-state index in [1.807, 2.05) is 6.92 Å². The number of benzene rings is 1. The van der Waals surface area contributed by atoms with Gasteiger partial charge in [-0.1, -0.05) is 0 Å². The molecule has 1 aromatic carbocycles. The van der Waals surface area contributed by atoms with Gasteiger partial charge in [0, 0.05) is 25.2 Å². The van der Waals surface area contributed by atoms with Crippen LogP contribution in [-0.2, 0) is 4.79 Å². The van der Waals surface area contributed by atoms with Gasteiger partial charge in [0.25, 0.3) is 6.01 Å². The normalized spacial score (nSPS) is 10.5. The summed E-state index contributed by atoms with van der Waals surface area (Å²) in [6.07, 6.45) is 0.384. The second kappa shape index (κ2) is 5.39. The monoisotopic (exact) mass is 248 g/mol. The number of oxazole rings is 1. The highest BCUT2D eigenvalue weighted by Gasteiger charge is 2.06. The average molecular weight is 248 g/mol. The van der Waals surface area contributed by atoms with Gasteiger partial charge < -0.3 is 20.8 Å². The molecule has 1 heterocycles. The minimum Gasteiger partial charge on any atom is -0.424 e. The highest BCUT2D eigenvalue weighted by Crippen LogP contribution is 2.20. The lowest BCUT2D eigenvalue weighted by molar-refractivity contribution is -0.120. The Kier molecular flexibility index (Phi) is 3.66. The van der Waals surface area contributed by atoms with Crippen LogP contribution in [0.25, 0.3) is 11.1 Å². The first-order valence-electron chi connectivity index (χ1n) is 5.85. The van der Waals surface area contributed by atoms with Crippen molar-refractivity contribution in [2.75, 3.05) is 24.1 Å². The predicted octanol–water partition coefficient (Wildman–Crippen LogP) is 1.35. The smallest absolute Gasteiger partial charge is 0.295 e. The molecule has 18 heavy (non-hydrogen) atoms. The summed E-state index contributed by atoms with van der Waals surface area (Å²) in [5.74, 6) is 0.00496. The Balaban J connectivity index is 1.94. The van der Waals surface area contributed by atoms with E-state index in [-0.39, 0.29) is 5.91 Å². The fraction of sp³-hybridized carbons (Fsp3) is 0.333. The molecule has 0 bridgehead atoms. The molecule has 0 unspecified atom stereocenters. The lowest BCUT2D eigenvalue weighted by Crippen LogP contribution is -2.24. The first kappa shape index (κ1) is 12.2. The Hall–Kier alpha value is -2.24. The summed E-state index contributed by atoms with van der Waals surface area (Å²) in [4.78, 5) is 15.5. The third kappa shape index (κ3) is 2.91. The van der Waals surface area contributed by atoms with Crippen LogP contribution in [0.5, 0.6) is 0 Å². The van der Waals surface area contributed by atoms with Crippen LogP contribution in [0.15, 0.2) is 22.6 Å². The zero-order valence-corrected chi connectivity index (χ0v) is 10.2. The van der Waals surface area contributed by atoms with Crippen LogP contribution < -0.4 is 16.4 Å². The van der Waals surface area contributed by atoms with Crippen LogP contribution >= 0.6 is 0 Å². The van der Waals surface area contributed by atoms with Crippen molar-refractivity contribution in [3.05, 3.63) is 18.2 Å². The molecule has 2 rings (SSSR count). The maximum absolute atomic E-state index is 11.2. The molecule has 0 saturated heterocycles. The number of hydrogen-bond acceptors (Lipinski definition) is 5. The fourth-order valence-electron chi connectivity index (χ4n) is 1.59. The number of aromatic nitrogens is 1. The summed E-state index contributed by atoms with van der Waals surface area (Å²) in [5.41, 5.74) is 7.67. The molecule has 4 N–H and O–H groups in total. The highest BCUT2D eigenvalue weighted by atomic mass is 16.4. The van der Waals surface area contributed by atoms with Crippen LogP contribution in [0.1, 0.15) is 13.3 Å². The largest absolute Gasteiger partial charge is 0.424 e. The van der Waals surface area contributed by atoms with Crippen molar-refractivity contribution in [1.82, 2.24) is 10.3 Å². The second-order valence-corrected chi connectivity index (χ2v) is 3.88. The zero-order valence-electron chi connectivity index (χ0n) is 10.2.